The summed E-state index contributed by atoms with van der Waals surface area (Å²) in [5.74, 6) is -0.0703. The van der Waals surface area contributed by atoms with Gasteiger partial charge in [-0.25, -0.2) is 0 Å². The number of esters is 1. The highest BCUT2D eigenvalue weighted by molar-refractivity contribution is 5.76. The molecule has 3 N–H and O–H groups in total. The van der Waals surface area contributed by atoms with E-state index in [1.165, 1.54) is 257 Å². The summed E-state index contributed by atoms with van der Waals surface area (Å²) in [6, 6.07) is -0.634. The maximum absolute atomic E-state index is 12.5. The number of hydrogen-bond donors (Lipinski definition) is 3. The normalized spacial score (nSPS) is 12.6. The topological polar surface area (TPSA) is 95.9 Å². The molecule has 6 nitrogen and oxygen atoms in total. The van der Waals surface area contributed by atoms with Crippen LogP contribution in [0.5, 0.6) is 0 Å². The summed E-state index contributed by atoms with van der Waals surface area (Å²) in [7, 11) is 0. The van der Waals surface area contributed by atoms with E-state index < -0.39 is 12.1 Å². The van der Waals surface area contributed by atoms with Crippen LogP contribution >= 0.6 is 0 Å². The van der Waals surface area contributed by atoms with E-state index in [2.05, 4.69) is 19.2 Å². The number of aliphatic hydroxyl groups is 2. The Balaban J connectivity index is 3.45. The number of hydrogen-bond acceptors (Lipinski definition) is 5. The Kier molecular flexibility index (Phi) is 54.0. The number of rotatable bonds is 55. The summed E-state index contributed by atoms with van der Waals surface area (Å²) in [6.45, 7) is 4.91. The number of ether oxygens (including phenoxy) is 1. The first-order chi connectivity index (χ1) is 32.0. The van der Waals surface area contributed by atoms with E-state index in [-0.39, 0.29) is 18.5 Å². The largest absolute Gasteiger partial charge is 0.466 e. The second-order valence-corrected chi connectivity index (χ2v) is 20.3. The van der Waals surface area contributed by atoms with Crippen molar-refractivity contribution in [3.63, 3.8) is 0 Å². The van der Waals surface area contributed by atoms with Crippen molar-refractivity contribution in [1.29, 1.82) is 0 Å². The number of amides is 1. The molecule has 0 aromatic heterocycles. The fraction of sp³-hybridized carbons (Fsp3) is 0.932. The van der Waals surface area contributed by atoms with Crippen LogP contribution in [0.3, 0.4) is 0 Å². The molecule has 0 aromatic carbocycles. The standard InChI is InChI=1S/C59H115NO5/c1-3-5-7-9-11-13-15-17-19-20-21-24-27-31-35-39-43-47-51-57(62)56(55-61)60-58(63)52-48-44-40-36-32-28-25-22-26-30-34-38-42-46-50-54-65-59(64)53-49-45-41-37-33-29-23-18-16-14-12-10-8-6-4-2/h47,51,56-57,61-62H,3-46,48-50,52-55H2,1-2H3,(H,60,63)/b51-47+. The van der Waals surface area contributed by atoms with Crippen LogP contribution < -0.4 is 5.32 Å². The molecule has 0 saturated carbocycles. The zero-order chi connectivity index (χ0) is 47.2. The quantitative estimate of drug-likeness (QED) is 0.0321. The summed E-state index contributed by atoms with van der Waals surface area (Å²) in [4.78, 5) is 24.5. The second kappa shape index (κ2) is 55.2. The third-order valence-electron chi connectivity index (χ3n) is 13.8. The van der Waals surface area contributed by atoms with Crippen LogP contribution in [-0.4, -0.2) is 47.4 Å². The Morgan fingerprint density at radius 2 is 0.708 bits per heavy atom. The van der Waals surface area contributed by atoms with Crippen molar-refractivity contribution in [3.8, 4) is 0 Å². The molecular weight excluding hydrogens is 803 g/mol. The van der Waals surface area contributed by atoms with Gasteiger partial charge in [-0.2, -0.15) is 0 Å². The number of carbonyl (C=O) groups is 2. The van der Waals surface area contributed by atoms with Gasteiger partial charge in [-0.15, -0.1) is 0 Å². The molecule has 0 aliphatic rings. The van der Waals surface area contributed by atoms with E-state index in [4.69, 9.17) is 4.74 Å². The van der Waals surface area contributed by atoms with Gasteiger partial charge in [-0.05, 0) is 32.1 Å². The fourth-order valence-corrected chi connectivity index (χ4v) is 9.28. The van der Waals surface area contributed by atoms with Crippen LogP contribution in [0.25, 0.3) is 0 Å². The van der Waals surface area contributed by atoms with Gasteiger partial charge >= 0.3 is 5.97 Å². The number of nitrogens with one attached hydrogen (secondary N) is 1. The molecule has 6 heteroatoms. The van der Waals surface area contributed by atoms with E-state index in [0.29, 0.717) is 19.4 Å². The van der Waals surface area contributed by atoms with Gasteiger partial charge in [0.15, 0.2) is 0 Å². The lowest BCUT2D eigenvalue weighted by Crippen LogP contribution is -2.45. The van der Waals surface area contributed by atoms with Gasteiger partial charge in [-0.3, -0.25) is 9.59 Å². The van der Waals surface area contributed by atoms with Crippen LogP contribution in [0, 0.1) is 0 Å². The third-order valence-corrected chi connectivity index (χ3v) is 13.8. The van der Waals surface area contributed by atoms with E-state index in [1.54, 1.807) is 6.08 Å². The average molecular weight is 919 g/mol. The van der Waals surface area contributed by atoms with Gasteiger partial charge in [-0.1, -0.05) is 296 Å². The maximum atomic E-state index is 12.5. The third kappa shape index (κ3) is 51.8. The molecule has 0 spiro atoms. The summed E-state index contributed by atoms with van der Waals surface area (Å²) < 4.78 is 5.48. The molecule has 0 heterocycles. The van der Waals surface area contributed by atoms with E-state index in [0.717, 1.165) is 44.9 Å². The minimum Gasteiger partial charge on any atom is -0.466 e. The van der Waals surface area contributed by atoms with Gasteiger partial charge in [0.2, 0.25) is 5.91 Å². The highest BCUT2D eigenvalue weighted by Gasteiger charge is 2.18. The molecule has 0 aliphatic carbocycles. The van der Waals surface area contributed by atoms with Crippen molar-refractivity contribution in [2.24, 2.45) is 0 Å². The summed E-state index contributed by atoms with van der Waals surface area (Å²) >= 11 is 0. The molecule has 0 saturated heterocycles. The first-order valence-corrected chi connectivity index (χ1v) is 29.5. The van der Waals surface area contributed by atoms with Crippen molar-refractivity contribution in [1.82, 2.24) is 5.32 Å². The van der Waals surface area contributed by atoms with Crippen molar-refractivity contribution in [2.45, 2.75) is 341 Å². The average Bonchev–Trinajstić information content (AvgIpc) is 3.31. The van der Waals surface area contributed by atoms with E-state index in [9.17, 15) is 19.8 Å². The molecule has 1 amide bonds. The lowest BCUT2D eigenvalue weighted by molar-refractivity contribution is -0.143. The summed E-state index contributed by atoms with van der Waals surface area (Å²) in [5.41, 5.74) is 0. The Bertz CT molecular complexity index is 970. The lowest BCUT2D eigenvalue weighted by Gasteiger charge is -2.20. The van der Waals surface area contributed by atoms with Crippen molar-refractivity contribution in [2.75, 3.05) is 13.2 Å². The van der Waals surface area contributed by atoms with Crippen molar-refractivity contribution >= 4 is 11.9 Å². The number of unbranched alkanes of at least 4 members (excludes halogenated alkanes) is 44. The molecule has 0 aliphatic heterocycles. The first kappa shape index (κ1) is 63.6. The monoisotopic (exact) mass is 918 g/mol. The molecule has 0 fully saturated rings. The highest BCUT2D eigenvalue weighted by Crippen LogP contribution is 2.17. The number of carbonyl (C=O) groups excluding carboxylic acids is 2. The van der Waals surface area contributed by atoms with Crippen LogP contribution in [0.1, 0.15) is 328 Å². The molecule has 0 rings (SSSR count). The van der Waals surface area contributed by atoms with E-state index >= 15 is 0 Å². The van der Waals surface area contributed by atoms with Gasteiger partial charge in [0.1, 0.15) is 0 Å². The Hall–Kier alpha value is -1.40. The predicted molar refractivity (Wildman–Crippen MR) is 283 cm³/mol. The maximum Gasteiger partial charge on any atom is 0.305 e. The second-order valence-electron chi connectivity index (χ2n) is 20.3. The lowest BCUT2D eigenvalue weighted by atomic mass is 10.0. The Morgan fingerprint density at radius 3 is 1.05 bits per heavy atom. The molecule has 386 valence electrons. The van der Waals surface area contributed by atoms with Crippen LogP contribution in [0.2, 0.25) is 0 Å². The van der Waals surface area contributed by atoms with Crippen LogP contribution in [0.4, 0.5) is 0 Å². The van der Waals surface area contributed by atoms with Gasteiger partial charge in [0.25, 0.3) is 0 Å². The smallest absolute Gasteiger partial charge is 0.305 e. The molecule has 0 aromatic rings. The number of aliphatic hydroxyl groups excluding tert-OH is 2. The zero-order valence-corrected chi connectivity index (χ0v) is 44.0. The van der Waals surface area contributed by atoms with Gasteiger partial charge in [0.05, 0.1) is 25.4 Å². The Labute approximate surface area is 406 Å². The van der Waals surface area contributed by atoms with Crippen LogP contribution in [0.15, 0.2) is 12.2 Å². The molecule has 65 heavy (non-hydrogen) atoms. The number of allylic oxidation sites excluding steroid dienone is 1. The molecule has 2 unspecified atom stereocenters. The SMILES string of the molecule is CCCCCCCCCCCCCCCCCC/C=C/C(O)C(CO)NC(=O)CCCCCCCCCCCCCCCCCOC(=O)CCCCCCCCCCCCCCCCC. The van der Waals surface area contributed by atoms with E-state index in [1.807, 2.05) is 6.08 Å². The van der Waals surface area contributed by atoms with Crippen molar-refractivity contribution < 1.29 is 24.5 Å². The van der Waals surface area contributed by atoms with Crippen LogP contribution in [-0.2, 0) is 14.3 Å². The predicted octanol–water partition coefficient (Wildman–Crippen LogP) is 18.1. The molecule has 0 bridgehead atoms. The Morgan fingerprint density at radius 1 is 0.415 bits per heavy atom. The van der Waals surface area contributed by atoms with Gasteiger partial charge in [0, 0.05) is 12.8 Å². The minimum atomic E-state index is -0.849. The summed E-state index contributed by atoms with van der Waals surface area (Å²) in [5, 5.41) is 23.1. The molecule has 0 radical (unpaired) electrons. The molecule has 2 atom stereocenters. The molecular formula is C59H115NO5. The zero-order valence-electron chi connectivity index (χ0n) is 44.0. The van der Waals surface area contributed by atoms with Crippen molar-refractivity contribution in [3.05, 3.63) is 12.2 Å². The summed E-state index contributed by atoms with van der Waals surface area (Å²) in [6.07, 6.45) is 65.1. The fourth-order valence-electron chi connectivity index (χ4n) is 9.28. The minimum absolute atomic E-state index is 0.00314. The first-order valence-electron chi connectivity index (χ1n) is 29.5. The van der Waals surface area contributed by atoms with Gasteiger partial charge < -0.3 is 20.3 Å². The highest BCUT2D eigenvalue weighted by atomic mass is 16.5.